The Morgan fingerprint density at radius 1 is 1.05 bits per heavy atom. The van der Waals surface area contributed by atoms with Crippen LogP contribution in [0.25, 0.3) is 22.4 Å². The van der Waals surface area contributed by atoms with E-state index in [4.69, 9.17) is 14.8 Å². The highest BCUT2D eigenvalue weighted by Gasteiger charge is 2.34. The maximum atomic E-state index is 12.7. The van der Waals surface area contributed by atoms with Crippen LogP contribution >= 0.6 is 0 Å². The Balaban J connectivity index is 1.35. The number of pyridine rings is 1. The van der Waals surface area contributed by atoms with Gasteiger partial charge >= 0.3 is 12.3 Å². The normalized spacial score (nSPS) is 18.8. The SMILES string of the molecule is Cc1ccc(-c2ccc(C3CCN(CC(F)(F)F)CC3)cc2)c(-c2cccc(N3CC(OC(=O)O)CC3=O)n2)c1. The lowest BCUT2D eigenvalue weighted by atomic mass is 9.87. The van der Waals surface area contributed by atoms with Crippen molar-refractivity contribution < 1.29 is 32.6 Å². The van der Waals surface area contributed by atoms with Gasteiger partial charge in [0, 0.05) is 5.56 Å². The number of halogens is 3. The highest BCUT2D eigenvalue weighted by Crippen LogP contribution is 2.36. The number of nitrogens with zero attached hydrogens (tertiary/aromatic N) is 3. The fourth-order valence-electron chi connectivity index (χ4n) is 5.58. The van der Waals surface area contributed by atoms with Crippen LogP contribution in [-0.4, -0.2) is 65.5 Å². The van der Waals surface area contributed by atoms with Crippen molar-refractivity contribution in [1.82, 2.24) is 9.88 Å². The number of likely N-dealkylation sites (tertiary alicyclic amines) is 1. The fourth-order valence-corrected chi connectivity index (χ4v) is 5.58. The number of carbonyl (C=O) groups excluding carboxylic acids is 1. The summed E-state index contributed by atoms with van der Waals surface area (Å²) in [4.78, 5) is 31.1. The molecule has 5 rings (SSSR count). The Kier molecular flexibility index (Phi) is 7.80. The van der Waals surface area contributed by atoms with E-state index in [1.54, 1.807) is 6.07 Å². The summed E-state index contributed by atoms with van der Waals surface area (Å²) in [6.45, 7) is 2.10. The first kappa shape index (κ1) is 27.6. The third-order valence-electron chi connectivity index (χ3n) is 7.50. The molecule has 210 valence electrons. The van der Waals surface area contributed by atoms with Gasteiger partial charge in [-0.3, -0.25) is 14.6 Å². The molecule has 2 fully saturated rings. The van der Waals surface area contributed by atoms with E-state index < -0.39 is 25.0 Å². The van der Waals surface area contributed by atoms with Gasteiger partial charge in [-0.2, -0.15) is 13.2 Å². The van der Waals surface area contributed by atoms with E-state index in [1.807, 2.05) is 49.4 Å². The number of hydrogen-bond acceptors (Lipinski definition) is 5. The predicted octanol–water partition coefficient (Wildman–Crippen LogP) is 6.27. The molecule has 10 heteroatoms. The number of piperidine rings is 1. The van der Waals surface area contributed by atoms with Crippen LogP contribution in [0.3, 0.4) is 0 Å². The number of benzene rings is 2. The molecule has 2 aliphatic rings. The zero-order chi connectivity index (χ0) is 28.4. The Morgan fingerprint density at radius 3 is 2.45 bits per heavy atom. The lowest BCUT2D eigenvalue weighted by molar-refractivity contribution is -0.148. The number of carbonyl (C=O) groups is 2. The summed E-state index contributed by atoms with van der Waals surface area (Å²) in [7, 11) is 0. The van der Waals surface area contributed by atoms with Gasteiger partial charge < -0.3 is 9.84 Å². The molecule has 0 saturated carbocycles. The van der Waals surface area contributed by atoms with E-state index in [0.29, 0.717) is 37.4 Å². The minimum Gasteiger partial charge on any atom is -0.450 e. The van der Waals surface area contributed by atoms with Gasteiger partial charge in [0.1, 0.15) is 11.9 Å². The first-order valence-corrected chi connectivity index (χ1v) is 13.2. The molecule has 2 aromatic carbocycles. The molecule has 2 aliphatic heterocycles. The smallest absolute Gasteiger partial charge is 0.450 e. The van der Waals surface area contributed by atoms with Crippen molar-refractivity contribution in [2.24, 2.45) is 0 Å². The molecule has 1 aromatic heterocycles. The third kappa shape index (κ3) is 6.44. The highest BCUT2D eigenvalue weighted by molar-refractivity contribution is 5.96. The van der Waals surface area contributed by atoms with Crippen molar-refractivity contribution in [2.75, 3.05) is 31.1 Å². The molecule has 1 unspecified atom stereocenters. The number of amides is 1. The summed E-state index contributed by atoms with van der Waals surface area (Å²) < 4.78 is 43.0. The summed E-state index contributed by atoms with van der Waals surface area (Å²) in [6, 6.07) is 19.7. The second-order valence-electron chi connectivity index (χ2n) is 10.4. The van der Waals surface area contributed by atoms with Gasteiger partial charge in [0.2, 0.25) is 5.91 Å². The van der Waals surface area contributed by atoms with Crippen LogP contribution in [0.15, 0.2) is 60.7 Å². The number of carboxylic acid groups (broad SMARTS) is 1. The number of aryl methyl sites for hydroxylation is 1. The summed E-state index contributed by atoms with van der Waals surface area (Å²) >= 11 is 0. The largest absolute Gasteiger partial charge is 0.506 e. The van der Waals surface area contributed by atoms with Gasteiger partial charge in [-0.1, -0.05) is 48.0 Å². The van der Waals surface area contributed by atoms with Crippen LogP contribution in [0, 0.1) is 6.92 Å². The van der Waals surface area contributed by atoms with Crippen molar-refractivity contribution in [3.63, 3.8) is 0 Å². The molecule has 7 nitrogen and oxygen atoms in total. The molecule has 0 radical (unpaired) electrons. The molecule has 2 saturated heterocycles. The first-order valence-electron chi connectivity index (χ1n) is 13.2. The molecule has 40 heavy (non-hydrogen) atoms. The molecule has 1 atom stereocenters. The monoisotopic (exact) mass is 553 g/mol. The van der Waals surface area contributed by atoms with Crippen LogP contribution in [0.1, 0.15) is 36.3 Å². The quantitative estimate of drug-likeness (QED) is 0.363. The Labute approximate surface area is 230 Å². The van der Waals surface area contributed by atoms with E-state index in [0.717, 1.165) is 27.8 Å². The maximum Gasteiger partial charge on any atom is 0.506 e. The average molecular weight is 554 g/mol. The van der Waals surface area contributed by atoms with E-state index in [2.05, 4.69) is 12.1 Å². The van der Waals surface area contributed by atoms with Crippen molar-refractivity contribution in [2.45, 2.75) is 44.4 Å². The van der Waals surface area contributed by atoms with Crippen molar-refractivity contribution >= 4 is 17.9 Å². The number of anilines is 1. The Hall–Kier alpha value is -3.92. The summed E-state index contributed by atoms with van der Waals surface area (Å²) in [5.74, 6) is 0.403. The van der Waals surface area contributed by atoms with E-state index in [1.165, 1.54) is 9.80 Å². The van der Waals surface area contributed by atoms with Crippen LogP contribution in [0.4, 0.5) is 23.8 Å². The standard InChI is InChI=1S/C30H30F3N3O4/c1-19-5-10-24(22-8-6-20(7-9-22)21-11-13-35(14-12-21)18-30(31,32)33)25(15-19)26-3-2-4-27(34-26)36-17-23(16-28(36)37)40-29(38)39/h2-10,15,21,23H,11-14,16-18H2,1H3,(H,38,39). The molecule has 3 heterocycles. The van der Waals surface area contributed by atoms with Gasteiger partial charge in [0.25, 0.3) is 0 Å². The van der Waals surface area contributed by atoms with Crippen molar-refractivity contribution in [3.8, 4) is 22.4 Å². The van der Waals surface area contributed by atoms with Crippen LogP contribution in [0.2, 0.25) is 0 Å². The molecule has 3 aromatic rings. The third-order valence-corrected chi connectivity index (χ3v) is 7.50. The maximum absolute atomic E-state index is 12.7. The van der Waals surface area contributed by atoms with Crippen LogP contribution < -0.4 is 4.90 Å². The van der Waals surface area contributed by atoms with E-state index >= 15 is 0 Å². The highest BCUT2D eigenvalue weighted by atomic mass is 19.4. The second-order valence-corrected chi connectivity index (χ2v) is 10.4. The summed E-state index contributed by atoms with van der Waals surface area (Å²) in [6.07, 6.45) is -4.97. The van der Waals surface area contributed by atoms with Crippen LogP contribution in [-0.2, 0) is 9.53 Å². The Bertz CT molecular complexity index is 1390. The van der Waals surface area contributed by atoms with Gasteiger partial charge in [-0.15, -0.1) is 0 Å². The summed E-state index contributed by atoms with van der Waals surface area (Å²) in [5.41, 5.74) is 5.66. The molecule has 0 bridgehead atoms. The average Bonchev–Trinajstić information content (AvgIpc) is 3.27. The summed E-state index contributed by atoms with van der Waals surface area (Å²) in [5, 5.41) is 8.91. The number of aromatic nitrogens is 1. The lowest BCUT2D eigenvalue weighted by Gasteiger charge is -2.32. The zero-order valence-electron chi connectivity index (χ0n) is 22.0. The van der Waals surface area contributed by atoms with Crippen molar-refractivity contribution in [1.29, 1.82) is 0 Å². The fraction of sp³-hybridized carbons (Fsp3) is 0.367. The minimum atomic E-state index is -4.17. The van der Waals surface area contributed by atoms with E-state index in [9.17, 15) is 22.8 Å². The van der Waals surface area contributed by atoms with Crippen LogP contribution in [0.5, 0.6) is 0 Å². The molecular weight excluding hydrogens is 523 g/mol. The first-order chi connectivity index (χ1) is 19.1. The molecular formula is C30H30F3N3O4. The second kappa shape index (κ2) is 11.3. The Morgan fingerprint density at radius 2 is 1.77 bits per heavy atom. The zero-order valence-corrected chi connectivity index (χ0v) is 22.0. The van der Waals surface area contributed by atoms with Gasteiger partial charge in [-0.05, 0) is 73.7 Å². The number of alkyl halides is 3. The van der Waals surface area contributed by atoms with Gasteiger partial charge in [0.15, 0.2) is 0 Å². The van der Waals surface area contributed by atoms with E-state index in [-0.39, 0.29) is 24.8 Å². The number of hydrogen-bond donors (Lipinski definition) is 1. The molecule has 0 aliphatic carbocycles. The van der Waals surface area contributed by atoms with Gasteiger partial charge in [-0.25, -0.2) is 9.78 Å². The molecule has 0 spiro atoms. The topological polar surface area (TPSA) is 83.0 Å². The minimum absolute atomic E-state index is 0.0262. The van der Waals surface area contributed by atoms with Gasteiger partial charge in [0.05, 0.1) is 25.2 Å². The lowest BCUT2D eigenvalue weighted by Crippen LogP contribution is -2.39. The number of rotatable bonds is 6. The molecule has 1 amide bonds. The predicted molar refractivity (Wildman–Crippen MR) is 144 cm³/mol. The molecule has 1 N–H and O–H groups in total. The number of ether oxygens (including phenoxy) is 1. The van der Waals surface area contributed by atoms with Crippen molar-refractivity contribution in [3.05, 3.63) is 71.8 Å².